The molecular formula is C16H20Cl2O2. The predicted molar refractivity (Wildman–Crippen MR) is 83.2 cm³/mol. The van der Waals surface area contributed by atoms with Crippen LogP contribution in [0.3, 0.4) is 0 Å². The summed E-state index contributed by atoms with van der Waals surface area (Å²) in [6.07, 6.45) is 6.33. The third kappa shape index (κ3) is 3.67. The monoisotopic (exact) mass is 314 g/mol. The van der Waals surface area contributed by atoms with Gasteiger partial charge in [0.15, 0.2) is 11.5 Å². The molecule has 1 aliphatic carbocycles. The fourth-order valence-electron chi connectivity index (χ4n) is 2.64. The van der Waals surface area contributed by atoms with Gasteiger partial charge in [0.1, 0.15) is 0 Å². The van der Waals surface area contributed by atoms with Gasteiger partial charge in [-0.15, -0.1) is 0 Å². The summed E-state index contributed by atoms with van der Waals surface area (Å²) in [7, 11) is 0. The molecule has 1 aromatic carbocycles. The molecule has 0 aliphatic heterocycles. The van der Waals surface area contributed by atoms with Crippen LogP contribution in [0.2, 0.25) is 10.0 Å². The van der Waals surface area contributed by atoms with Crippen LogP contribution in [0.1, 0.15) is 55.8 Å². The Bertz CT molecular complexity index is 456. The van der Waals surface area contributed by atoms with Crippen molar-refractivity contribution >= 4 is 29.0 Å². The summed E-state index contributed by atoms with van der Waals surface area (Å²) in [5, 5.41) is 0.843. The first-order valence-electron chi connectivity index (χ1n) is 7.29. The molecule has 0 atom stereocenters. The van der Waals surface area contributed by atoms with Gasteiger partial charge in [-0.2, -0.15) is 0 Å². The van der Waals surface area contributed by atoms with Crippen molar-refractivity contribution in [3.8, 4) is 5.75 Å². The minimum atomic E-state index is 0.123. The van der Waals surface area contributed by atoms with E-state index in [1.54, 1.807) is 12.1 Å². The zero-order valence-corrected chi connectivity index (χ0v) is 13.3. The van der Waals surface area contributed by atoms with E-state index in [1.165, 1.54) is 6.42 Å². The Morgan fingerprint density at radius 1 is 1.20 bits per heavy atom. The van der Waals surface area contributed by atoms with E-state index >= 15 is 0 Å². The van der Waals surface area contributed by atoms with E-state index in [0.717, 1.165) is 32.1 Å². The highest BCUT2D eigenvalue weighted by Crippen LogP contribution is 2.36. The molecule has 0 N–H and O–H groups in total. The third-order valence-electron chi connectivity index (χ3n) is 3.71. The average Bonchev–Trinajstić information content (AvgIpc) is 2.46. The fraction of sp³-hybridized carbons (Fsp3) is 0.562. The number of hydrogen-bond acceptors (Lipinski definition) is 2. The van der Waals surface area contributed by atoms with Gasteiger partial charge in [0.05, 0.1) is 16.7 Å². The maximum absolute atomic E-state index is 12.5. The van der Waals surface area contributed by atoms with E-state index in [1.807, 2.05) is 6.92 Å². The molecule has 1 aliphatic rings. The van der Waals surface area contributed by atoms with E-state index in [4.69, 9.17) is 27.9 Å². The molecule has 2 nitrogen and oxygen atoms in total. The number of rotatable bonds is 5. The lowest BCUT2D eigenvalue weighted by Gasteiger charge is -2.20. The molecule has 0 bridgehead atoms. The first kappa shape index (κ1) is 15.7. The van der Waals surface area contributed by atoms with Crippen molar-refractivity contribution in [3.63, 3.8) is 0 Å². The number of carbonyl (C=O) groups is 1. The molecule has 1 aromatic rings. The number of halogens is 2. The van der Waals surface area contributed by atoms with Gasteiger partial charge >= 0.3 is 0 Å². The number of carbonyl (C=O) groups excluding carboxylic acids is 1. The quantitative estimate of drug-likeness (QED) is 0.666. The summed E-state index contributed by atoms with van der Waals surface area (Å²) in [6, 6.07) is 3.38. The van der Waals surface area contributed by atoms with Gasteiger partial charge in [-0.1, -0.05) is 49.4 Å². The van der Waals surface area contributed by atoms with Crippen LogP contribution in [0.25, 0.3) is 0 Å². The summed E-state index contributed by atoms with van der Waals surface area (Å²) >= 11 is 12.4. The van der Waals surface area contributed by atoms with Gasteiger partial charge < -0.3 is 4.74 Å². The standard InChI is InChI=1S/C16H20Cl2O2/c1-2-8-20-16-13(17)9-12(10-14(16)18)15(19)11-6-4-3-5-7-11/h9-11H,2-8H2,1H3. The van der Waals surface area contributed by atoms with Crippen molar-refractivity contribution in [2.75, 3.05) is 6.61 Å². The van der Waals surface area contributed by atoms with Gasteiger partial charge in [0.25, 0.3) is 0 Å². The Kier molecular flexibility index (Phi) is 5.74. The van der Waals surface area contributed by atoms with Gasteiger partial charge in [-0.05, 0) is 31.4 Å². The number of Topliss-reactive ketones (excluding diaryl/α,β-unsaturated/α-hetero) is 1. The Labute approximate surface area is 130 Å². The number of hydrogen-bond donors (Lipinski definition) is 0. The number of ether oxygens (including phenoxy) is 1. The second-order valence-corrected chi connectivity index (χ2v) is 6.13. The van der Waals surface area contributed by atoms with Crippen LogP contribution in [0.15, 0.2) is 12.1 Å². The molecule has 0 unspecified atom stereocenters. The summed E-state index contributed by atoms with van der Waals surface area (Å²) in [5.74, 6) is 0.768. The zero-order valence-electron chi connectivity index (χ0n) is 11.8. The zero-order chi connectivity index (χ0) is 14.5. The summed E-state index contributed by atoms with van der Waals surface area (Å²) in [5.41, 5.74) is 0.607. The van der Waals surface area contributed by atoms with Crippen LogP contribution >= 0.6 is 23.2 Å². The Morgan fingerprint density at radius 3 is 2.35 bits per heavy atom. The fourth-order valence-corrected chi connectivity index (χ4v) is 3.24. The minimum absolute atomic E-state index is 0.123. The Morgan fingerprint density at radius 2 is 1.80 bits per heavy atom. The molecule has 2 rings (SSSR count). The van der Waals surface area contributed by atoms with Crippen LogP contribution in [-0.4, -0.2) is 12.4 Å². The molecule has 0 heterocycles. The number of ketones is 1. The van der Waals surface area contributed by atoms with E-state index in [9.17, 15) is 4.79 Å². The van der Waals surface area contributed by atoms with Crippen molar-refractivity contribution in [3.05, 3.63) is 27.7 Å². The topological polar surface area (TPSA) is 26.3 Å². The molecule has 1 fully saturated rings. The lowest BCUT2D eigenvalue weighted by Crippen LogP contribution is -2.18. The first-order valence-corrected chi connectivity index (χ1v) is 8.05. The SMILES string of the molecule is CCCOc1c(Cl)cc(C(=O)C2CCCCC2)cc1Cl. The van der Waals surface area contributed by atoms with E-state index in [-0.39, 0.29) is 11.7 Å². The van der Waals surface area contributed by atoms with Crippen LogP contribution in [-0.2, 0) is 0 Å². The van der Waals surface area contributed by atoms with Crippen molar-refractivity contribution in [1.29, 1.82) is 0 Å². The highest BCUT2D eigenvalue weighted by molar-refractivity contribution is 6.37. The van der Waals surface area contributed by atoms with Crippen molar-refractivity contribution in [2.24, 2.45) is 5.92 Å². The maximum Gasteiger partial charge on any atom is 0.166 e. The third-order valence-corrected chi connectivity index (χ3v) is 4.27. The lowest BCUT2D eigenvalue weighted by atomic mass is 9.84. The number of benzene rings is 1. The Balaban J connectivity index is 2.18. The molecule has 110 valence electrons. The highest BCUT2D eigenvalue weighted by Gasteiger charge is 2.24. The normalized spacial score (nSPS) is 16.1. The van der Waals surface area contributed by atoms with Gasteiger partial charge in [-0.3, -0.25) is 4.79 Å². The van der Waals surface area contributed by atoms with E-state index in [0.29, 0.717) is 28.0 Å². The van der Waals surface area contributed by atoms with Crippen LogP contribution in [0.4, 0.5) is 0 Å². The maximum atomic E-state index is 12.5. The Hall–Kier alpha value is -0.730. The van der Waals surface area contributed by atoms with Crippen molar-refractivity contribution in [1.82, 2.24) is 0 Å². The molecule has 1 saturated carbocycles. The molecule has 20 heavy (non-hydrogen) atoms. The van der Waals surface area contributed by atoms with Crippen molar-refractivity contribution < 1.29 is 9.53 Å². The predicted octanol–water partition coefficient (Wildman–Crippen LogP) is 5.55. The van der Waals surface area contributed by atoms with Crippen LogP contribution < -0.4 is 4.74 Å². The summed E-state index contributed by atoms with van der Waals surface area (Å²) in [6.45, 7) is 2.58. The van der Waals surface area contributed by atoms with E-state index < -0.39 is 0 Å². The first-order chi connectivity index (χ1) is 9.63. The molecule has 0 radical (unpaired) electrons. The molecule has 4 heteroatoms. The van der Waals surface area contributed by atoms with Crippen LogP contribution in [0.5, 0.6) is 5.75 Å². The molecule has 0 aromatic heterocycles. The largest absolute Gasteiger partial charge is 0.490 e. The second-order valence-electron chi connectivity index (χ2n) is 5.32. The molecular weight excluding hydrogens is 295 g/mol. The van der Waals surface area contributed by atoms with Gasteiger partial charge in [0, 0.05) is 11.5 Å². The smallest absolute Gasteiger partial charge is 0.166 e. The second kappa shape index (κ2) is 7.33. The van der Waals surface area contributed by atoms with Crippen molar-refractivity contribution in [2.45, 2.75) is 45.4 Å². The van der Waals surface area contributed by atoms with Crippen LogP contribution in [0, 0.1) is 5.92 Å². The van der Waals surface area contributed by atoms with E-state index in [2.05, 4.69) is 0 Å². The minimum Gasteiger partial charge on any atom is -0.490 e. The molecule has 0 amide bonds. The summed E-state index contributed by atoms with van der Waals surface area (Å²) < 4.78 is 5.52. The lowest BCUT2D eigenvalue weighted by molar-refractivity contribution is 0.0889. The summed E-state index contributed by atoms with van der Waals surface area (Å²) in [4.78, 5) is 12.5. The molecule has 0 saturated heterocycles. The average molecular weight is 315 g/mol. The molecule has 0 spiro atoms. The van der Waals surface area contributed by atoms with Gasteiger partial charge in [0.2, 0.25) is 0 Å². The highest BCUT2D eigenvalue weighted by atomic mass is 35.5. The van der Waals surface area contributed by atoms with Gasteiger partial charge in [-0.25, -0.2) is 0 Å².